The summed E-state index contributed by atoms with van der Waals surface area (Å²) in [6.07, 6.45) is 1.15. The third-order valence-electron chi connectivity index (χ3n) is 5.79. The van der Waals surface area contributed by atoms with Crippen molar-refractivity contribution in [2.24, 2.45) is 0 Å². The fourth-order valence-corrected chi connectivity index (χ4v) is 5.61. The number of aromatic nitrogens is 6. The zero-order chi connectivity index (χ0) is 27.1. The number of nitrogens with zero attached hydrogens (tertiary/aromatic N) is 6. The number of carbonyl (C=O) groups is 2. The molecule has 2 aromatic carbocycles. The Kier molecular flexibility index (Phi) is 9.40. The van der Waals surface area contributed by atoms with Crippen molar-refractivity contribution < 1.29 is 18.4 Å². The molecular weight excluding hydrogens is 530 g/mol. The first-order chi connectivity index (χ1) is 18.4. The van der Waals surface area contributed by atoms with Crippen LogP contribution < -0.4 is 0 Å². The van der Waals surface area contributed by atoms with Crippen molar-refractivity contribution >= 4 is 35.1 Å². The van der Waals surface area contributed by atoms with E-state index in [1.807, 2.05) is 23.0 Å². The molecular formula is C26H26F2N6O2S2. The number of benzene rings is 2. The first-order valence-electron chi connectivity index (χ1n) is 12.1. The van der Waals surface area contributed by atoms with Gasteiger partial charge in [0.15, 0.2) is 21.9 Å². The molecule has 198 valence electrons. The zero-order valence-electron chi connectivity index (χ0n) is 20.9. The Labute approximate surface area is 227 Å². The minimum Gasteiger partial charge on any atom is -0.306 e. The number of Topliss-reactive ketones (excluding diaryl/α,β-unsaturated/α-hetero) is 2. The summed E-state index contributed by atoms with van der Waals surface area (Å²) in [5.41, 5.74) is 0.905. The highest BCUT2D eigenvalue weighted by Crippen LogP contribution is 2.22. The highest BCUT2D eigenvalue weighted by molar-refractivity contribution is 8.00. The summed E-state index contributed by atoms with van der Waals surface area (Å²) in [5.74, 6) is 0.907. The lowest BCUT2D eigenvalue weighted by Crippen LogP contribution is -2.10. The molecule has 4 aromatic rings. The van der Waals surface area contributed by atoms with Crippen LogP contribution in [0.4, 0.5) is 8.78 Å². The third kappa shape index (κ3) is 6.73. The van der Waals surface area contributed by atoms with Crippen LogP contribution in [0.5, 0.6) is 0 Å². The molecule has 0 aliphatic carbocycles. The van der Waals surface area contributed by atoms with Crippen LogP contribution in [-0.2, 0) is 25.9 Å². The molecule has 38 heavy (non-hydrogen) atoms. The maximum absolute atomic E-state index is 13.1. The van der Waals surface area contributed by atoms with Gasteiger partial charge in [0.2, 0.25) is 0 Å². The summed E-state index contributed by atoms with van der Waals surface area (Å²) in [6.45, 7) is 5.26. The van der Waals surface area contributed by atoms with Gasteiger partial charge in [0, 0.05) is 37.1 Å². The fraction of sp³-hybridized carbons (Fsp3) is 0.308. The second-order valence-electron chi connectivity index (χ2n) is 8.22. The van der Waals surface area contributed by atoms with Crippen molar-refractivity contribution in [3.05, 3.63) is 82.9 Å². The summed E-state index contributed by atoms with van der Waals surface area (Å²) in [7, 11) is 0. The molecule has 0 saturated heterocycles. The monoisotopic (exact) mass is 556 g/mol. The van der Waals surface area contributed by atoms with Crippen molar-refractivity contribution in [2.75, 3.05) is 11.5 Å². The molecule has 0 atom stereocenters. The average molecular weight is 557 g/mol. The SMILES string of the molecule is CCn1c(CCc2nnc(SCC(=O)c3ccc(F)cc3)n2CC)nnc1SCC(=O)c1ccc(F)cc1. The van der Waals surface area contributed by atoms with Crippen molar-refractivity contribution in [1.29, 1.82) is 0 Å². The predicted octanol–water partition coefficient (Wildman–Crippen LogP) is 4.92. The molecule has 0 aliphatic rings. The van der Waals surface area contributed by atoms with Gasteiger partial charge in [-0.05, 0) is 62.4 Å². The molecule has 0 radical (unpaired) electrons. The number of aryl methyl sites for hydroxylation is 2. The molecule has 0 unspecified atom stereocenters. The first kappa shape index (κ1) is 27.6. The van der Waals surface area contributed by atoms with Gasteiger partial charge in [0.25, 0.3) is 0 Å². The van der Waals surface area contributed by atoms with E-state index in [-0.39, 0.29) is 34.7 Å². The smallest absolute Gasteiger partial charge is 0.191 e. The Morgan fingerprint density at radius 1 is 0.658 bits per heavy atom. The van der Waals surface area contributed by atoms with Gasteiger partial charge in [-0.25, -0.2) is 8.78 Å². The Morgan fingerprint density at radius 3 is 1.37 bits per heavy atom. The van der Waals surface area contributed by atoms with Crippen LogP contribution in [0.25, 0.3) is 0 Å². The van der Waals surface area contributed by atoms with Gasteiger partial charge >= 0.3 is 0 Å². The van der Waals surface area contributed by atoms with Crippen LogP contribution in [0.15, 0.2) is 58.8 Å². The summed E-state index contributed by atoms with van der Waals surface area (Å²) in [5, 5.41) is 18.5. The van der Waals surface area contributed by atoms with Gasteiger partial charge in [0.05, 0.1) is 11.5 Å². The molecule has 4 rings (SSSR count). The molecule has 12 heteroatoms. The standard InChI is InChI=1S/C26H26F2N6O2S2/c1-3-33-23(29-31-25(33)37-15-21(35)17-5-9-19(27)10-6-17)13-14-24-30-32-26(34(24)4-2)38-16-22(36)18-7-11-20(28)12-8-18/h5-12H,3-4,13-16H2,1-2H3. The van der Waals surface area contributed by atoms with Gasteiger partial charge in [0.1, 0.15) is 23.3 Å². The van der Waals surface area contributed by atoms with Crippen LogP contribution >= 0.6 is 23.5 Å². The normalized spacial score (nSPS) is 11.2. The van der Waals surface area contributed by atoms with E-state index in [1.54, 1.807) is 0 Å². The lowest BCUT2D eigenvalue weighted by atomic mass is 10.1. The van der Waals surface area contributed by atoms with Crippen molar-refractivity contribution in [3.8, 4) is 0 Å². The first-order valence-corrected chi connectivity index (χ1v) is 14.0. The number of ketones is 2. The lowest BCUT2D eigenvalue weighted by molar-refractivity contribution is 0.101. The zero-order valence-corrected chi connectivity index (χ0v) is 22.6. The van der Waals surface area contributed by atoms with Crippen LogP contribution in [0.2, 0.25) is 0 Å². The number of hydrogen-bond donors (Lipinski definition) is 0. The second kappa shape index (κ2) is 12.9. The van der Waals surface area contributed by atoms with E-state index in [0.29, 0.717) is 47.4 Å². The summed E-state index contributed by atoms with van der Waals surface area (Å²) in [4.78, 5) is 24.9. The van der Waals surface area contributed by atoms with Crippen LogP contribution in [0.3, 0.4) is 0 Å². The fourth-order valence-electron chi connectivity index (χ4n) is 3.78. The number of hydrogen-bond acceptors (Lipinski definition) is 8. The van der Waals surface area contributed by atoms with E-state index < -0.39 is 0 Å². The average Bonchev–Trinajstić information content (AvgIpc) is 3.52. The van der Waals surface area contributed by atoms with E-state index in [9.17, 15) is 18.4 Å². The second-order valence-corrected chi connectivity index (χ2v) is 10.1. The van der Waals surface area contributed by atoms with Gasteiger partial charge in [-0.1, -0.05) is 23.5 Å². The van der Waals surface area contributed by atoms with E-state index in [2.05, 4.69) is 20.4 Å². The van der Waals surface area contributed by atoms with Gasteiger partial charge in [-0.15, -0.1) is 20.4 Å². The Morgan fingerprint density at radius 2 is 1.03 bits per heavy atom. The highest BCUT2D eigenvalue weighted by atomic mass is 32.2. The Bertz CT molecular complexity index is 1300. The molecule has 0 bridgehead atoms. The van der Waals surface area contributed by atoms with E-state index in [1.165, 1.54) is 72.1 Å². The predicted molar refractivity (Wildman–Crippen MR) is 142 cm³/mol. The lowest BCUT2D eigenvalue weighted by Gasteiger charge is -2.09. The number of carbonyl (C=O) groups excluding carboxylic acids is 2. The Hall–Kier alpha value is -3.38. The maximum Gasteiger partial charge on any atom is 0.191 e. The minimum atomic E-state index is -0.382. The number of thioether (sulfide) groups is 2. The van der Waals surface area contributed by atoms with Crippen LogP contribution in [0.1, 0.15) is 46.2 Å². The van der Waals surface area contributed by atoms with Gasteiger partial charge < -0.3 is 9.13 Å². The molecule has 0 saturated carbocycles. The topological polar surface area (TPSA) is 95.6 Å². The third-order valence-corrected chi connectivity index (χ3v) is 7.72. The molecule has 0 N–H and O–H groups in total. The van der Waals surface area contributed by atoms with Crippen molar-refractivity contribution in [2.45, 2.75) is 50.1 Å². The van der Waals surface area contributed by atoms with Gasteiger partial charge in [-0.2, -0.15) is 0 Å². The molecule has 0 fully saturated rings. The van der Waals surface area contributed by atoms with E-state index >= 15 is 0 Å². The largest absolute Gasteiger partial charge is 0.306 e. The van der Waals surface area contributed by atoms with Gasteiger partial charge in [-0.3, -0.25) is 9.59 Å². The molecule has 2 aromatic heterocycles. The van der Waals surface area contributed by atoms with Crippen LogP contribution in [0, 0.1) is 11.6 Å². The molecule has 0 amide bonds. The molecule has 2 heterocycles. The van der Waals surface area contributed by atoms with E-state index in [0.717, 1.165) is 11.6 Å². The maximum atomic E-state index is 13.1. The highest BCUT2D eigenvalue weighted by Gasteiger charge is 2.18. The molecule has 0 aliphatic heterocycles. The Balaban J connectivity index is 1.35. The summed E-state index contributed by atoms with van der Waals surface area (Å²) < 4.78 is 30.2. The number of rotatable bonds is 13. The minimum absolute atomic E-state index is 0.110. The number of halogens is 2. The quantitative estimate of drug-likeness (QED) is 0.169. The molecule has 8 nitrogen and oxygen atoms in total. The van der Waals surface area contributed by atoms with Crippen molar-refractivity contribution in [1.82, 2.24) is 29.5 Å². The summed E-state index contributed by atoms with van der Waals surface area (Å²) in [6, 6.07) is 11.0. The van der Waals surface area contributed by atoms with E-state index in [4.69, 9.17) is 0 Å². The van der Waals surface area contributed by atoms with Crippen LogP contribution in [-0.4, -0.2) is 52.6 Å². The molecule has 0 spiro atoms. The summed E-state index contributed by atoms with van der Waals surface area (Å²) >= 11 is 2.60. The van der Waals surface area contributed by atoms with Crippen molar-refractivity contribution in [3.63, 3.8) is 0 Å².